The SMILES string of the molecule is CNC1CCOCC1Cc1ccc(Cl)c(F)c1. The van der Waals surface area contributed by atoms with Gasteiger partial charge in [0.25, 0.3) is 0 Å². The van der Waals surface area contributed by atoms with Crippen LogP contribution in [0.2, 0.25) is 5.02 Å². The highest BCUT2D eigenvalue weighted by Gasteiger charge is 2.24. The molecule has 0 amide bonds. The maximum absolute atomic E-state index is 13.3. The molecule has 0 aliphatic carbocycles. The lowest BCUT2D eigenvalue weighted by Crippen LogP contribution is -2.41. The first-order valence-corrected chi connectivity index (χ1v) is 6.27. The summed E-state index contributed by atoms with van der Waals surface area (Å²) in [4.78, 5) is 0. The van der Waals surface area contributed by atoms with Gasteiger partial charge in [-0.2, -0.15) is 0 Å². The van der Waals surface area contributed by atoms with Crippen molar-refractivity contribution in [3.8, 4) is 0 Å². The average Bonchev–Trinajstić information content (AvgIpc) is 2.34. The molecule has 2 nitrogen and oxygen atoms in total. The monoisotopic (exact) mass is 257 g/mol. The molecule has 0 bridgehead atoms. The fraction of sp³-hybridized carbons (Fsp3) is 0.538. The summed E-state index contributed by atoms with van der Waals surface area (Å²) in [7, 11) is 1.96. The molecular formula is C13H17ClFNO. The summed E-state index contributed by atoms with van der Waals surface area (Å²) in [5, 5.41) is 3.48. The lowest BCUT2D eigenvalue weighted by molar-refractivity contribution is 0.0342. The smallest absolute Gasteiger partial charge is 0.142 e. The Hall–Kier alpha value is -0.640. The van der Waals surface area contributed by atoms with E-state index in [0.717, 1.165) is 31.6 Å². The molecule has 1 aliphatic rings. The van der Waals surface area contributed by atoms with Crippen molar-refractivity contribution in [3.05, 3.63) is 34.6 Å². The van der Waals surface area contributed by atoms with Crippen LogP contribution in [0.1, 0.15) is 12.0 Å². The zero-order valence-electron chi connectivity index (χ0n) is 9.88. The topological polar surface area (TPSA) is 21.3 Å². The Labute approximate surface area is 106 Å². The molecule has 0 saturated carbocycles. The summed E-state index contributed by atoms with van der Waals surface area (Å²) in [6.45, 7) is 1.53. The number of ether oxygens (including phenoxy) is 1. The van der Waals surface area contributed by atoms with E-state index in [9.17, 15) is 4.39 Å². The van der Waals surface area contributed by atoms with Gasteiger partial charge in [-0.25, -0.2) is 4.39 Å². The first kappa shape index (κ1) is 12.8. The number of halogens is 2. The minimum atomic E-state index is -0.345. The summed E-state index contributed by atoms with van der Waals surface area (Å²) < 4.78 is 18.8. The van der Waals surface area contributed by atoms with E-state index in [1.54, 1.807) is 6.07 Å². The van der Waals surface area contributed by atoms with Gasteiger partial charge in [-0.15, -0.1) is 0 Å². The van der Waals surface area contributed by atoms with Gasteiger partial charge in [0.2, 0.25) is 0 Å². The zero-order valence-corrected chi connectivity index (χ0v) is 10.6. The number of hydrogen-bond acceptors (Lipinski definition) is 2. The van der Waals surface area contributed by atoms with E-state index in [-0.39, 0.29) is 10.8 Å². The zero-order chi connectivity index (χ0) is 12.3. The second kappa shape index (κ2) is 5.80. The first-order valence-electron chi connectivity index (χ1n) is 5.89. The third kappa shape index (κ3) is 3.18. The van der Waals surface area contributed by atoms with E-state index in [4.69, 9.17) is 16.3 Å². The summed E-state index contributed by atoms with van der Waals surface area (Å²) >= 11 is 5.67. The van der Waals surface area contributed by atoms with Gasteiger partial charge < -0.3 is 10.1 Å². The fourth-order valence-corrected chi connectivity index (χ4v) is 2.46. The molecule has 1 aromatic rings. The molecule has 2 unspecified atom stereocenters. The predicted octanol–water partition coefficient (Wildman–Crippen LogP) is 2.65. The van der Waals surface area contributed by atoms with Gasteiger partial charge in [-0.05, 0) is 37.6 Å². The van der Waals surface area contributed by atoms with Crippen molar-refractivity contribution in [3.63, 3.8) is 0 Å². The highest BCUT2D eigenvalue weighted by molar-refractivity contribution is 6.30. The minimum Gasteiger partial charge on any atom is -0.381 e. The molecule has 1 aliphatic heterocycles. The molecule has 1 saturated heterocycles. The Morgan fingerprint density at radius 2 is 2.35 bits per heavy atom. The summed E-state index contributed by atoms with van der Waals surface area (Å²) in [5.74, 6) is 0.0521. The molecule has 1 heterocycles. The normalized spacial score (nSPS) is 24.9. The summed E-state index contributed by atoms with van der Waals surface area (Å²) in [6.07, 6.45) is 1.83. The molecule has 0 radical (unpaired) electrons. The second-order valence-corrected chi connectivity index (χ2v) is 4.88. The van der Waals surface area contributed by atoms with Crippen LogP contribution in [-0.4, -0.2) is 26.3 Å². The summed E-state index contributed by atoms with van der Waals surface area (Å²) in [5.41, 5.74) is 0.975. The van der Waals surface area contributed by atoms with Gasteiger partial charge >= 0.3 is 0 Å². The van der Waals surface area contributed by atoms with E-state index >= 15 is 0 Å². The molecule has 94 valence electrons. The molecule has 4 heteroatoms. The maximum atomic E-state index is 13.3. The van der Waals surface area contributed by atoms with Crippen molar-refractivity contribution in [1.82, 2.24) is 5.32 Å². The van der Waals surface area contributed by atoms with Crippen LogP contribution in [0, 0.1) is 11.7 Å². The standard InChI is InChI=1S/C13H17ClFNO/c1-16-13-4-5-17-8-10(13)6-9-2-3-11(14)12(15)7-9/h2-3,7,10,13,16H,4-6,8H2,1H3. The van der Waals surface area contributed by atoms with Crippen LogP contribution in [0.5, 0.6) is 0 Å². The first-order chi connectivity index (χ1) is 8.20. The van der Waals surface area contributed by atoms with E-state index in [1.807, 2.05) is 13.1 Å². The Kier molecular flexibility index (Phi) is 4.37. The van der Waals surface area contributed by atoms with E-state index in [2.05, 4.69) is 5.32 Å². The number of hydrogen-bond donors (Lipinski definition) is 1. The van der Waals surface area contributed by atoms with Crippen molar-refractivity contribution < 1.29 is 9.13 Å². The van der Waals surface area contributed by atoms with Gasteiger partial charge in [-0.3, -0.25) is 0 Å². The van der Waals surface area contributed by atoms with Crippen LogP contribution in [0.15, 0.2) is 18.2 Å². The van der Waals surface area contributed by atoms with Gasteiger partial charge in [0, 0.05) is 18.6 Å². The number of rotatable bonds is 3. The van der Waals surface area contributed by atoms with E-state index in [1.165, 1.54) is 6.07 Å². The van der Waals surface area contributed by atoms with Crippen LogP contribution in [0.4, 0.5) is 4.39 Å². The van der Waals surface area contributed by atoms with Crippen LogP contribution in [-0.2, 0) is 11.2 Å². The fourth-order valence-electron chi connectivity index (χ4n) is 2.35. The van der Waals surface area contributed by atoms with Crippen molar-refractivity contribution >= 4 is 11.6 Å². The van der Waals surface area contributed by atoms with Crippen LogP contribution in [0.25, 0.3) is 0 Å². The van der Waals surface area contributed by atoms with Gasteiger partial charge in [0.1, 0.15) is 5.82 Å². The molecule has 1 aromatic carbocycles. The molecule has 2 atom stereocenters. The molecule has 2 rings (SSSR count). The van der Waals surface area contributed by atoms with E-state index < -0.39 is 0 Å². The number of nitrogens with one attached hydrogen (secondary N) is 1. The molecular weight excluding hydrogens is 241 g/mol. The maximum Gasteiger partial charge on any atom is 0.142 e. The Balaban J connectivity index is 2.05. The second-order valence-electron chi connectivity index (χ2n) is 4.47. The predicted molar refractivity (Wildman–Crippen MR) is 66.9 cm³/mol. The van der Waals surface area contributed by atoms with Crippen molar-refractivity contribution in [2.24, 2.45) is 5.92 Å². The van der Waals surface area contributed by atoms with Gasteiger partial charge in [-0.1, -0.05) is 17.7 Å². The average molecular weight is 258 g/mol. The van der Waals surface area contributed by atoms with Crippen LogP contribution in [0.3, 0.4) is 0 Å². The Morgan fingerprint density at radius 3 is 3.06 bits per heavy atom. The molecule has 1 fully saturated rings. The lowest BCUT2D eigenvalue weighted by Gasteiger charge is -2.31. The number of benzene rings is 1. The van der Waals surface area contributed by atoms with Crippen molar-refractivity contribution in [2.45, 2.75) is 18.9 Å². The Morgan fingerprint density at radius 1 is 1.53 bits per heavy atom. The molecule has 17 heavy (non-hydrogen) atoms. The van der Waals surface area contributed by atoms with Crippen LogP contribution < -0.4 is 5.32 Å². The molecule has 0 aromatic heterocycles. The van der Waals surface area contributed by atoms with Crippen molar-refractivity contribution in [1.29, 1.82) is 0 Å². The van der Waals surface area contributed by atoms with Crippen LogP contribution >= 0.6 is 11.6 Å². The highest BCUT2D eigenvalue weighted by Crippen LogP contribution is 2.22. The van der Waals surface area contributed by atoms with Crippen molar-refractivity contribution in [2.75, 3.05) is 20.3 Å². The third-order valence-corrected chi connectivity index (χ3v) is 3.63. The summed E-state index contributed by atoms with van der Waals surface area (Å²) in [6, 6.07) is 5.46. The molecule has 0 spiro atoms. The van der Waals surface area contributed by atoms with Gasteiger partial charge in [0.05, 0.1) is 11.6 Å². The Bertz CT molecular complexity index is 386. The largest absolute Gasteiger partial charge is 0.381 e. The van der Waals surface area contributed by atoms with Gasteiger partial charge in [0.15, 0.2) is 0 Å². The minimum absolute atomic E-state index is 0.179. The lowest BCUT2D eigenvalue weighted by atomic mass is 9.89. The highest BCUT2D eigenvalue weighted by atomic mass is 35.5. The third-order valence-electron chi connectivity index (χ3n) is 3.33. The van der Waals surface area contributed by atoms with E-state index in [0.29, 0.717) is 12.0 Å². The molecule has 1 N–H and O–H groups in total. The quantitative estimate of drug-likeness (QED) is 0.899.